The first-order chi connectivity index (χ1) is 14.0. The number of nitrogens with zero attached hydrogens (tertiary/aromatic N) is 3. The predicted octanol–water partition coefficient (Wildman–Crippen LogP) is 4.18. The number of hydrogen-bond donors (Lipinski definition) is 0. The smallest absolute Gasteiger partial charge is 0.330 e. The quantitative estimate of drug-likeness (QED) is 0.447. The molecule has 0 aliphatic carbocycles. The Morgan fingerprint density at radius 1 is 1.28 bits per heavy atom. The first kappa shape index (κ1) is 20.2. The number of nitriles is 1. The second-order valence-electron chi connectivity index (χ2n) is 6.55. The highest BCUT2D eigenvalue weighted by molar-refractivity contribution is 5.94. The molecule has 0 aliphatic rings. The molecule has 0 radical (unpaired) electrons. The van der Waals surface area contributed by atoms with Gasteiger partial charge in [0.2, 0.25) is 0 Å². The molecule has 148 valence electrons. The summed E-state index contributed by atoms with van der Waals surface area (Å²) in [5.41, 5.74) is 3.65. The third kappa shape index (κ3) is 4.46. The molecule has 2 aromatic heterocycles. The van der Waals surface area contributed by atoms with Gasteiger partial charge in [-0.2, -0.15) is 5.26 Å². The molecule has 2 heterocycles. The van der Waals surface area contributed by atoms with Crippen molar-refractivity contribution >= 4 is 23.1 Å². The Kier molecular flexibility index (Phi) is 6.30. The van der Waals surface area contributed by atoms with Crippen LogP contribution in [-0.2, 0) is 16.1 Å². The Hall–Kier alpha value is -3.59. The van der Waals surface area contributed by atoms with Crippen LogP contribution in [0.3, 0.4) is 0 Å². The Labute approximate surface area is 170 Å². The van der Waals surface area contributed by atoms with Gasteiger partial charge < -0.3 is 14.0 Å². The fourth-order valence-electron chi connectivity index (χ4n) is 3.32. The van der Waals surface area contributed by atoms with Crippen LogP contribution in [0.5, 0.6) is 5.75 Å². The van der Waals surface area contributed by atoms with E-state index < -0.39 is 5.97 Å². The zero-order valence-electron chi connectivity index (χ0n) is 16.8. The van der Waals surface area contributed by atoms with Crippen LogP contribution < -0.4 is 4.74 Å². The summed E-state index contributed by atoms with van der Waals surface area (Å²) in [6.45, 7) is 6.80. The molecule has 0 saturated heterocycles. The Morgan fingerprint density at radius 3 is 2.72 bits per heavy atom. The third-order valence-electron chi connectivity index (χ3n) is 4.48. The Morgan fingerprint density at radius 2 is 2.03 bits per heavy atom. The number of ether oxygens (including phenoxy) is 2. The number of aromatic nitrogens is 2. The van der Waals surface area contributed by atoms with E-state index in [1.165, 1.54) is 6.08 Å². The number of fused-ring (bicyclic) bond motifs is 1. The number of carbonyl (C=O) groups is 1. The topological polar surface area (TPSA) is 77.1 Å². The molecule has 0 aliphatic heterocycles. The van der Waals surface area contributed by atoms with Crippen molar-refractivity contribution in [1.82, 2.24) is 9.55 Å². The van der Waals surface area contributed by atoms with E-state index in [9.17, 15) is 10.1 Å². The standard InChI is InChI=1S/C23H23N3O3/c1-4-28-21(27)11-10-20-19(15-24)22-16(2)14-17(3)25-23(22)26(20)12-13-29-18-8-6-5-7-9-18/h5-11,14H,4,12-13H2,1-3H3/b11-10+. The molecule has 0 unspecified atom stereocenters. The van der Waals surface area contributed by atoms with Gasteiger partial charge in [-0.05, 0) is 50.6 Å². The lowest BCUT2D eigenvalue weighted by atomic mass is 10.1. The van der Waals surface area contributed by atoms with Crippen LogP contribution in [0, 0.1) is 25.2 Å². The SMILES string of the molecule is CCOC(=O)/C=C/c1c(C#N)c2c(C)cc(C)nc2n1CCOc1ccccc1. The minimum absolute atomic E-state index is 0.294. The zero-order valence-corrected chi connectivity index (χ0v) is 16.8. The molecule has 0 saturated carbocycles. The van der Waals surface area contributed by atoms with Crippen molar-refractivity contribution in [2.75, 3.05) is 13.2 Å². The van der Waals surface area contributed by atoms with Crippen molar-refractivity contribution in [3.05, 3.63) is 65.0 Å². The van der Waals surface area contributed by atoms with Crippen LogP contribution in [-0.4, -0.2) is 28.7 Å². The van der Waals surface area contributed by atoms with Gasteiger partial charge in [0.15, 0.2) is 0 Å². The summed E-state index contributed by atoms with van der Waals surface area (Å²) in [6.07, 6.45) is 2.96. The van der Waals surface area contributed by atoms with E-state index in [1.54, 1.807) is 13.0 Å². The number of esters is 1. The average Bonchev–Trinajstić information content (AvgIpc) is 3.00. The number of pyridine rings is 1. The van der Waals surface area contributed by atoms with Crippen molar-refractivity contribution in [2.24, 2.45) is 0 Å². The molecule has 29 heavy (non-hydrogen) atoms. The van der Waals surface area contributed by atoms with Gasteiger partial charge in [-0.15, -0.1) is 0 Å². The minimum Gasteiger partial charge on any atom is -0.492 e. The van der Waals surface area contributed by atoms with Crippen LogP contribution in [0.2, 0.25) is 0 Å². The van der Waals surface area contributed by atoms with E-state index in [2.05, 4.69) is 11.1 Å². The highest BCUT2D eigenvalue weighted by atomic mass is 16.5. The summed E-state index contributed by atoms with van der Waals surface area (Å²) >= 11 is 0. The minimum atomic E-state index is -0.449. The third-order valence-corrected chi connectivity index (χ3v) is 4.48. The van der Waals surface area contributed by atoms with Crippen LogP contribution in [0.4, 0.5) is 0 Å². The lowest BCUT2D eigenvalue weighted by molar-refractivity contribution is -0.137. The second-order valence-corrected chi connectivity index (χ2v) is 6.55. The summed E-state index contributed by atoms with van der Waals surface area (Å²) in [6, 6.07) is 13.8. The van der Waals surface area contributed by atoms with E-state index in [4.69, 9.17) is 9.47 Å². The highest BCUT2D eigenvalue weighted by Crippen LogP contribution is 2.29. The number of benzene rings is 1. The maximum Gasteiger partial charge on any atom is 0.330 e. The maximum absolute atomic E-state index is 11.8. The van der Waals surface area contributed by atoms with Gasteiger partial charge in [-0.1, -0.05) is 18.2 Å². The molecule has 0 N–H and O–H groups in total. The van der Waals surface area contributed by atoms with Crippen LogP contribution in [0.1, 0.15) is 29.4 Å². The van der Waals surface area contributed by atoms with E-state index >= 15 is 0 Å². The second kappa shape index (κ2) is 9.07. The number of hydrogen-bond acceptors (Lipinski definition) is 5. The van der Waals surface area contributed by atoms with Crippen molar-refractivity contribution < 1.29 is 14.3 Å². The van der Waals surface area contributed by atoms with Crippen molar-refractivity contribution in [1.29, 1.82) is 5.26 Å². The zero-order chi connectivity index (χ0) is 20.8. The molecule has 6 heteroatoms. The lowest BCUT2D eigenvalue weighted by Gasteiger charge is -2.10. The molecule has 0 fully saturated rings. The first-order valence-corrected chi connectivity index (χ1v) is 9.48. The molecule has 3 rings (SSSR count). The van der Waals surface area contributed by atoms with Crippen LogP contribution in [0.25, 0.3) is 17.1 Å². The molecular formula is C23H23N3O3. The van der Waals surface area contributed by atoms with Gasteiger partial charge in [0.1, 0.15) is 24.1 Å². The number of aryl methyl sites for hydroxylation is 2. The Bertz CT molecular complexity index is 1090. The molecular weight excluding hydrogens is 366 g/mol. The summed E-state index contributed by atoms with van der Waals surface area (Å²) in [5.74, 6) is 0.322. The molecule has 0 atom stereocenters. The van der Waals surface area contributed by atoms with Gasteiger partial charge in [-0.3, -0.25) is 0 Å². The highest BCUT2D eigenvalue weighted by Gasteiger charge is 2.19. The Balaban J connectivity index is 2.03. The fourth-order valence-corrected chi connectivity index (χ4v) is 3.32. The number of carbonyl (C=O) groups excluding carboxylic acids is 1. The van der Waals surface area contributed by atoms with Crippen molar-refractivity contribution in [3.63, 3.8) is 0 Å². The van der Waals surface area contributed by atoms with Gasteiger partial charge in [0, 0.05) is 17.2 Å². The van der Waals surface area contributed by atoms with E-state index in [0.717, 1.165) is 22.4 Å². The van der Waals surface area contributed by atoms with E-state index in [0.29, 0.717) is 36.7 Å². The monoisotopic (exact) mass is 389 g/mol. The summed E-state index contributed by atoms with van der Waals surface area (Å²) in [7, 11) is 0. The van der Waals surface area contributed by atoms with Crippen molar-refractivity contribution in [3.8, 4) is 11.8 Å². The molecule has 0 bridgehead atoms. The predicted molar refractivity (Wildman–Crippen MR) is 112 cm³/mol. The van der Waals surface area contributed by atoms with E-state index in [1.807, 2.05) is 54.8 Å². The molecule has 1 aromatic carbocycles. The largest absolute Gasteiger partial charge is 0.492 e. The van der Waals surface area contributed by atoms with Crippen molar-refractivity contribution in [2.45, 2.75) is 27.3 Å². The van der Waals surface area contributed by atoms with Crippen LogP contribution >= 0.6 is 0 Å². The normalized spacial score (nSPS) is 11.0. The first-order valence-electron chi connectivity index (χ1n) is 9.48. The average molecular weight is 389 g/mol. The van der Waals surface area contributed by atoms with Gasteiger partial charge in [0.25, 0.3) is 0 Å². The lowest BCUT2D eigenvalue weighted by Crippen LogP contribution is -2.10. The van der Waals surface area contributed by atoms with Gasteiger partial charge >= 0.3 is 5.97 Å². The molecule has 3 aromatic rings. The molecule has 0 spiro atoms. The number of rotatable bonds is 7. The molecule has 6 nitrogen and oxygen atoms in total. The maximum atomic E-state index is 11.8. The summed E-state index contributed by atoms with van der Waals surface area (Å²) in [5, 5.41) is 10.6. The molecule has 0 amide bonds. The van der Waals surface area contributed by atoms with Crippen LogP contribution in [0.15, 0.2) is 42.5 Å². The van der Waals surface area contributed by atoms with E-state index in [-0.39, 0.29) is 0 Å². The summed E-state index contributed by atoms with van der Waals surface area (Å²) < 4.78 is 12.7. The van der Waals surface area contributed by atoms with Gasteiger partial charge in [-0.25, -0.2) is 9.78 Å². The number of para-hydroxylation sites is 1. The summed E-state index contributed by atoms with van der Waals surface area (Å²) in [4.78, 5) is 16.5. The van der Waals surface area contributed by atoms with Gasteiger partial charge in [0.05, 0.1) is 24.4 Å². The fraction of sp³-hybridized carbons (Fsp3) is 0.261.